The molecule has 2 aromatic heterocycles. The van der Waals surface area contributed by atoms with Crippen LogP contribution in [0.5, 0.6) is 11.5 Å². The maximum atomic E-state index is 14.4. The number of nitrogens with one attached hydrogen (secondary N) is 6. The van der Waals surface area contributed by atoms with E-state index in [1.807, 2.05) is 97.9 Å². The van der Waals surface area contributed by atoms with Crippen LogP contribution in [-0.2, 0) is 56.2 Å². The molecule has 0 unspecified atom stereocenters. The van der Waals surface area contributed by atoms with Gasteiger partial charge in [0.2, 0.25) is 17.7 Å². The van der Waals surface area contributed by atoms with Gasteiger partial charge >= 0.3 is 18.2 Å². The minimum Gasteiger partial charge on any atom is -0.492 e. The monoisotopic (exact) mass is 1600 g/mol. The van der Waals surface area contributed by atoms with Gasteiger partial charge in [-0.3, -0.25) is 24.0 Å². The Kier molecular flexibility index (Phi) is 32.5. The number of carbonyl (C=O) groups is 8. The third-order valence-corrected chi connectivity index (χ3v) is 20.8. The fraction of sp³-hybridized carbons (Fsp3) is 0.390. The Bertz CT molecular complexity index is 4690. The minimum absolute atomic E-state index is 0.0508. The van der Waals surface area contributed by atoms with Gasteiger partial charge in [0.25, 0.3) is 11.8 Å². The van der Waals surface area contributed by atoms with Crippen LogP contribution in [0.4, 0.5) is 25.8 Å². The molecule has 0 spiro atoms. The van der Waals surface area contributed by atoms with E-state index in [0.29, 0.717) is 109 Å². The molecule has 0 saturated heterocycles. The van der Waals surface area contributed by atoms with Gasteiger partial charge in [0.1, 0.15) is 42.5 Å². The number of hydrogen-bond donors (Lipinski definition) is 7. The zero-order valence-electron chi connectivity index (χ0n) is 64.3. The van der Waals surface area contributed by atoms with Crippen LogP contribution in [0.3, 0.4) is 0 Å². The average molecular weight is 1610 g/mol. The Morgan fingerprint density at radius 2 is 1.29 bits per heavy atom. The first-order valence-corrected chi connectivity index (χ1v) is 39.9. The molecule has 113 heavy (non-hydrogen) atoms. The van der Waals surface area contributed by atoms with Crippen LogP contribution in [0, 0.1) is 5.92 Å². The summed E-state index contributed by atoms with van der Waals surface area (Å²) in [5.74, 6) is -0.175. The van der Waals surface area contributed by atoms with Crippen LogP contribution in [0.1, 0.15) is 82.4 Å². The number of amides is 9. The van der Waals surface area contributed by atoms with Crippen molar-refractivity contribution in [2.45, 2.75) is 79.0 Å². The molecule has 2 bridgehead atoms. The number of anilines is 2. The number of aromatic amines is 1. The fourth-order valence-electron chi connectivity index (χ4n) is 12.3. The second-order valence-corrected chi connectivity index (χ2v) is 29.9. The van der Waals surface area contributed by atoms with Gasteiger partial charge in [0, 0.05) is 126 Å². The number of carbonyl (C=O) groups excluding carboxylic acids is 8. The summed E-state index contributed by atoms with van der Waals surface area (Å²) in [7, 11) is 7.03. The number of rotatable bonds is 38. The molecule has 10 rings (SSSR count). The number of aromatic nitrogens is 3. The second-order valence-electron chi connectivity index (χ2n) is 27.5. The number of alkyl halides is 1. The molecular weight excluding hydrogens is 1510 g/mol. The van der Waals surface area contributed by atoms with Gasteiger partial charge in [-0.05, 0) is 122 Å². The molecule has 8 aromatic rings. The largest absolute Gasteiger partial charge is 0.492 e. The highest BCUT2D eigenvalue weighted by Gasteiger charge is 2.37. The number of likely N-dealkylation sites (N-methyl/N-ethyl adjacent to an activating group) is 3. The van der Waals surface area contributed by atoms with Crippen molar-refractivity contribution < 1.29 is 71.5 Å². The van der Waals surface area contributed by atoms with Crippen molar-refractivity contribution in [3.05, 3.63) is 179 Å². The topological polar surface area (TPSA) is 342 Å². The van der Waals surface area contributed by atoms with Gasteiger partial charge in [0.05, 0.1) is 81.0 Å². The van der Waals surface area contributed by atoms with E-state index < -0.39 is 48.0 Å². The number of nitrogens with two attached hydrogens (primary N) is 1. The Morgan fingerprint density at radius 1 is 0.646 bits per heavy atom. The summed E-state index contributed by atoms with van der Waals surface area (Å²) < 4.78 is 40.1. The smallest absolute Gasteiger partial charge is 0.415 e. The van der Waals surface area contributed by atoms with Crippen LogP contribution in [0.2, 0.25) is 0 Å². The lowest BCUT2D eigenvalue weighted by atomic mass is 9.95. The SMILES string of the molecule is CC(C)[C@H](NC(=O)CCOCCOCCOCCOCCNC(=O)c1ccc2nc3c(nc2c1)CSc1cccccccc(c1)SC3)C(=O)N[C@@H](CCCNC(N)=O)C(=O)Nc1ccc(COC(=O)N(C)CCN(C)C(=O)Oc2cc3c(c4ccccc24)[C@H](CCl)CN3C(=O)c2cc3cc(OCCN(C)C)ccc3[nH]2)cc1. The molecule has 2 aliphatic heterocycles. The first-order valence-electron chi connectivity index (χ1n) is 37.4. The number of halogens is 1. The Labute approximate surface area is 670 Å². The van der Waals surface area contributed by atoms with Gasteiger partial charge in [-0.2, -0.15) is 0 Å². The molecule has 4 heterocycles. The third-order valence-electron chi connectivity index (χ3n) is 18.4. The molecular formula is C82H98ClN13O15S2. The summed E-state index contributed by atoms with van der Waals surface area (Å²) in [6.07, 6.45) is -1.04. The molecule has 0 radical (unpaired) electrons. The zero-order chi connectivity index (χ0) is 80.2. The molecule has 0 saturated carbocycles. The van der Waals surface area contributed by atoms with Crippen molar-refractivity contribution in [3.63, 3.8) is 0 Å². The van der Waals surface area contributed by atoms with Crippen molar-refractivity contribution in [3.8, 4) is 11.5 Å². The highest BCUT2D eigenvalue weighted by Crippen LogP contribution is 2.46. The minimum atomic E-state index is -1.10. The summed E-state index contributed by atoms with van der Waals surface area (Å²) in [4.78, 5) is 129. The Hall–Kier alpha value is -10.3. The molecule has 0 fully saturated rings. The molecule has 0 aliphatic carbocycles. The van der Waals surface area contributed by atoms with Crippen molar-refractivity contribution in [1.82, 2.24) is 50.9 Å². The van der Waals surface area contributed by atoms with Crippen molar-refractivity contribution in [2.24, 2.45) is 11.7 Å². The highest BCUT2D eigenvalue weighted by molar-refractivity contribution is 7.99. The average Bonchev–Trinajstić information content (AvgIpc) is 1.60. The number of urea groups is 1. The van der Waals surface area contributed by atoms with E-state index >= 15 is 0 Å². The van der Waals surface area contributed by atoms with E-state index in [1.54, 1.807) is 97.8 Å². The number of nitrogens with zero attached hydrogens (tertiary/aromatic N) is 6. The van der Waals surface area contributed by atoms with Crippen molar-refractivity contribution in [1.29, 1.82) is 0 Å². The van der Waals surface area contributed by atoms with E-state index in [-0.39, 0.29) is 101 Å². The number of benzene rings is 5. The predicted molar refractivity (Wildman–Crippen MR) is 436 cm³/mol. The van der Waals surface area contributed by atoms with E-state index in [2.05, 4.69) is 49.8 Å². The lowest BCUT2D eigenvalue weighted by Crippen LogP contribution is -2.54. The summed E-state index contributed by atoms with van der Waals surface area (Å²) in [6.45, 7) is 7.61. The van der Waals surface area contributed by atoms with Crippen LogP contribution in [0.25, 0.3) is 32.7 Å². The first-order chi connectivity index (χ1) is 54.7. The highest BCUT2D eigenvalue weighted by atomic mass is 35.5. The van der Waals surface area contributed by atoms with Gasteiger partial charge < -0.3 is 90.1 Å². The molecule has 2 aliphatic rings. The lowest BCUT2D eigenvalue weighted by molar-refractivity contribution is -0.132. The van der Waals surface area contributed by atoms with Crippen molar-refractivity contribution >= 4 is 127 Å². The molecule has 3 atom stereocenters. The number of H-pyrrole nitrogens is 1. The van der Waals surface area contributed by atoms with E-state index in [9.17, 15) is 38.4 Å². The quantitative estimate of drug-likeness (QED) is 0.0140. The number of thioether (sulfide) groups is 2. The Morgan fingerprint density at radius 3 is 1.96 bits per heavy atom. The van der Waals surface area contributed by atoms with E-state index in [1.165, 1.54) is 16.8 Å². The predicted octanol–water partition coefficient (Wildman–Crippen LogP) is 10.8. The molecule has 600 valence electrons. The van der Waals surface area contributed by atoms with Gasteiger partial charge in [0.15, 0.2) is 0 Å². The number of fused-ring (bicyclic) bond motifs is 8. The van der Waals surface area contributed by atoms with Crippen LogP contribution in [-0.4, -0.2) is 222 Å². The van der Waals surface area contributed by atoms with Gasteiger partial charge in [-0.25, -0.2) is 24.4 Å². The molecule has 28 nitrogen and oxygen atoms in total. The van der Waals surface area contributed by atoms with Crippen LogP contribution in [0.15, 0.2) is 155 Å². The van der Waals surface area contributed by atoms with Crippen molar-refractivity contribution in [2.75, 3.05) is 143 Å². The van der Waals surface area contributed by atoms with E-state index in [0.717, 1.165) is 55.1 Å². The van der Waals surface area contributed by atoms with Crippen LogP contribution < -0.4 is 46.7 Å². The summed E-state index contributed by atoms with van der Waals surface area (Å²) in [6, 6.07) is 42.1. The molecule has 8 N–H and O–H groups in total. The van der Waals surface area contributed by atoms with E-state index in [4.69, 9.17) is 60.5 Å². The maximum Gasteiger partial charge on any atom is 0.415 e. The number of hydrogen-bond acceptors (Lipinski definition) is 20. The standard InChI is InChI=1S/C82H98ClN13O15S2/c1-53(2)75(92-73(97)28-34-105-37-39-107-41-42-108-40-38-106-35-30-85-76(98)55-22-26-65-67(44-55)90-70-52-113-61-16-11-9-7-8-10-15-60(46-61)112-51-69(70)89-65)78(100)91-66(19-14-29-86-80(84)102)77(99)87-58-23-20-54(21-24-58)50-110-81(103)94(5)31-32-95(6)82(104)111-72-47-71-74(63-18-13-12-17-62(63)72)57(48-83)49-96(71)79(101)68-45-56-43-59(25-27-64(56)88-68)109-36-33-93(3)4/h7-13,15-18,20-27,43-47,53,57,66,75,88H,14,19,28-42,48-52H2,1-6H3,(H,85,98)(H,87,99)(H,91,100)(H,92,97)(H3,84,86,102)/t57-,66+,75+/m1/s1. The number of ether oxygens (including phenoxy) is 7. The normalized spacial score (nSPS) is 13.5. The molecule has 9 amide bonds. The first kappa shape index (κ1) is 85.1. The summed E-state index contributed by atoms with van der Waals surface area (Å²) >= 11 is 10.0. The summed E-state index contributed by atoms with van der Waals surface area (Å²) in [5.41, 5.74) is 12.5. The number of primary amides is 1. The zero-order valence-corrected chi connectivity index (χ0v) is 66.7. The van der Waals surface area contributed by atoms with Gasteiger partial charge in [-0.15, -0.1) is 35.1 Å². The molecule has 6 aromatic carbocycles. The van der Waals surface area contributed by atoms with Gasteiger partial charge in [-0.1, -0.05) is 80.6 Å². The fourth-order valence-corrected chi connectivity index (χ4v) is 14.4. The lowest BCUT2D eigenvalue weighted by Gasteiger charge is -2.25. The van der Waals surface area contributed by atoms with Crippen LogP contribution >= 0.6 is 35.1 Å². The maximum absolute atomic E-state index is 14.4. The Balaban J connectivity index is 0.595. The third kappa shape index (κ3) is 25.3. The molecule has 31 heteroatoms. The summed E-state index contributed by atoms with van der Waals surface area (Å²) in [5, 5.41) is 16.0. The second kappa shape index (κ2) is 43.1.